The third-order valence-corrected chi connectivity index (χ3v) is 6.53. The summed E-state index contributed by atoms with van der Waals surface area (Å²) in [5.41, 5.74) is -0.402. The second-order valence-corrected chi connectivity index (χ2v) is 8.84. The molecule has 2 fully saturated rings. The molecule has 2 aliphatic rings. The summed E-state index contributed by atoms with van der Waals surface area (Å²) in [6, 6.07) is 9.40. The van der Waals surface area contributed by atoms with E-state index in [0.29, 0.717) is 30.4 Å². The van der Waals surface area contributed by atoms with Gasteiger partial charge in [-0.15, -0.1) is 0 Å². The van der Waals surface area contributed by atoms with Crippen LogP contribution in [0.15, 0.2) is 48.7 Å². The normalized spacial score (nSPS) is 22.4. The molecule has 2 aromatic heterocycles. The van der Waals surface area contributed by atoms with Crippen molar-refractivity contribution in [3.63, 3.8) is 0 Å². The minimum absolute atomic E-state index is 0.0171. The Morgan fingerprint density at radius 1 is 0.912 bits per heavy atom. The number of rotatable bonds is 3. The summed E-state index contributed by atoms with van der Waals surface area (Å²) in [7, 11) is 0. The van der Waals surface area contributed by atoms with E-state index in [4.69, 9.17) is 0 Å². The van der Waals surface area contributed by atoms with Crippen molar-refractivity contribution in [2.24, 2.45) is 5.92 Å². The summed E-state index contributed by atoms with van der Waals surface area (Å²) >= 11 is 0. The van der Waals surface area contributed by atoms with Gasteiger partial charge in [0.2, 0.25) is 0 Å². The Morgan fingerprint density at radius 2 is 1.71 bits per heavy atom. The van der Waals surface area contributed by atoms with Crippen LogP contribution < -0.4 is 4.90 Å². The molecule has 10 heteroatoms. The first-order valence-electron chi connectivity index (χ1n) is 10.9. The summed E-state index contributed by atoms with van der Waals surface area (Å²) in [6.45, 7) is 1.95. The van der Waals surface area contributed by atoms with E-state index in [1.54, 1.807) is 17.2 Å². The van der Waals surface area contributed by atoms with Crippen LogP contribution in [-0.4, -0.2) is 21.0 Å². The number of aromatic nitrogens is 3. The fourth-order valence-electron chi connectivity index (χ4n) is 5.09. The van der Waals surface area contributed by atoms with Crippen molar-refractivity contribution in [2.75, 3.05) is 4.90 Å². The van der Waals surface area contributed by atoms with Gasteiger partial charge in [0, 0.05) is 17.8 Å². The third kappa shape index (κ3) is 4.10. The van der Waals surface area contributed by atoms with Gasteiger partial charge < -0.3 is 4.90 Å². The van der Waals surface area contributed by atoms with Crippen molar-refractivity contribution in [3.8, 4) is 11.3 Å². The molecule has 0 unspecified atom stereocenters. The van der Waals surface area contributed by atoms with Crippen molar-refractivity contribution in [1.82, 2.24) is 15.0 Å². The van der Waals surface area contributed by atoms with Gasteiger partial charge in [-0.25, -0.2) is 15.0 Å². The number of anilines is 1. The van der Waals surface area contributed by atoms with E-state index < -0.39 is 29.7 Å². The van der Waals surface area contributed by atoms with Crippen molar-refractivity contribution in [3.05, 3.63) is 71.3 Å². The number of hydrogen-bond donors (Lipinski definition) is 0. The Bertz CT molecular complexity index is 1190. The van der Waals surface area contributed by atoms with Crippen LogP contribution in [-0.2, 0) is 12.4 Å². The number of fused-ring (bicyclic) bond motifs is 2. The number of nitrogens with zero attached hydrogens (tertiary/aromatic N) is 4. The standard InChI is InChI=1S/C24H20F6N4/c1-13-3-2-4-14(9-13)18-7-8-31-22(32-18)21-15-5-6-17(10-15)34(21)20-12-16(23(25,26)27)11-19(33-20)24(28,29)30/h2-4,7-9,11-12,15,17,21H,5-6,10H2,1H3/t15-,17+,21-/m0/s1. The van der Waals surface area contributed by atoms with Crippen LogP contribution in [0.3, 0.4) is 0 Å². The molecule has 0 spiro atoms. The lowest BCUT2D eigenvalue weighted by Crippen LogP contribution is -2.37. The molecule has 0 N–H and O–H groups in total. The van der Waals surface area contributed by atoms with Gasteiger partial charge in [0.15, 0.2) is 5.82 Å². The molecule has 3 heterocycles. The minimum Gasteiger partial charge on any atom is -0.343 e. The van der Waals surface area contributed by atoms with Gasteiger partial charge in [-0.05, 0) is 56.4 Å². The van der Waals surface area contributed by atoms with Gasteiger partial charge in [-0.1, -0.05) is 23.8 Å². The van der Waals surface area contributed by atoms with Crippen LogP contribution >= 0.6 is 0 Å². The highest BCUT2D eigenvalue weighted by atomic mass is 19.4. The number of halogens is 6. The highest BCUT2D eigenvalue weighted by molar-refractivity contribution is 5.60. The molecule has 0 radical (unpaired) electrons. The second-order valence-electron chi connectivity index (χ2n) is 8.84. The average molecular weight is 478 g/mol. The van der Waals surface area contributed by atoms with Crippen LogP contribution in [0.5, 0.6) is 0 Å². The molecule has 178 valence electrons. The fraction of sp³-hybridized carbons (Fsp3) is 0.375. The maximum absolute atomic E-state index is 13.5. The van der Waals surface area contributed by atoms with Crippen molar-refractivity contribution in [1.29, 1.82) is 0 Å². The first-order valence-corrected chi connectivity index (χ1v) is 10.9. The molecule has 0 amide bonds. The topological polar surface area (TPSA) is 41.9 Å². The van der Waals surface area contributed by atoms with Crippen LogP contribution in [0.1, 0.15) is 47.9 Å². The van der Waals surface area contributed by atoms with Gasteiger partial charge >= 0.3 is 12.4 Å². The van der Waals surface area contributed by atoms with E-state index in [1.807, 2.05) is 31.2 Å². The van der Waals surface area contributed by atoms with Crippen LogP contribution in [0.25, 0.3) is 11.3 Å². The Labute approximate surface area is 191 Å². The summed E-state index contributed by atoms with van der Waals surface area (Å²) in [4.78, 5) is 14.3. The number of aryl methyl sites for hydroxylation is 1. The lowest BCUT2D eigenvalue weighted by atomic mass is 9.97. The molecular formula is C24H20F6N4. The largest absolute Gasteiger partial charge is 0.433 e. The molecular weight excluding hydrogens is 458 g/mol. The molecule has 3 aromatic rings. The molecule has 4 nitrogen and oxygen atoms in total. The maximum Gasteiger partial charge on any atom is 0.433 e. The Balaban J connectivity index is 1.60. The predicted molar refractivity (Wildman–Crippen MR) is 113 cm³/mol. The number of benzene rings is 1. The number of alkyl halides is 6. The van der Waals surface area contributed by atoms with Crippen LogP contribution in [0.4, 0.5) is 32.2 Å². The fourth-order valence-corrected chi connectivity index (χ4v) is 5.09. The van der Waals surface area contributed by atoms with E-state index in [-0.39, 0.29) is 23.8 Å². The van der Waals surface area contributed by atoms with Crippen LogP contribution in [0.2, 0.25) is 0 Å². The van der Waals surface area contributed by atoms with Crippen molar-refractivity contribution < 1.29 is 26.3 Å². The SMILES string of the molecule is Cc1cccc(-c2ccnc([C@@H]3[C@H]4CC[C@H](C4)N3c3cc(C(F)(F)F)cc(C(F)(F)F)n3)n2)c1. The highest BCUT2D eigenvalue weighted by Crippen LogP contribution is 2.52. The second kappa shape index (κ2) is 7.95. The number of hydrogen-bond acceptors (Lipinski definition) is 4. The van der Waals surface area contributed by atoms with Gasteiger partial charge in [0.1, 0.15) is 11.5 Å². The van der Waals surface area contributed by atoms with Gasteiger partial charge in [0.05, 0.1) is 17.3 Å². The van der Waals surface area contributed by atoms with E-state index in [9.17, 15) is 26.3 Å². The van der Waals surface area contributed by atoms with E-state index in [1.165, 1.54) is 0 Å². The Kier molecular flexibility index (Phi) is 5.29. The minimum atomic E-state index is -5.01. The Morgan fingerprint density at radius 3 is 2.41 bits per heavy atom. The monoisotopic (exact) mass is 478 g/mol. The molecule has 1 aromatic carbocycles. The summed E-state index contributed by atoms with van der Waals surface area (Å²) < 4.78 is 80.7. The van der Waals surface area contributed by atoms with E-state index >= 15 is 0 Å². The first-order chi connectivity index (χ1) is 16.0. The highest BCUT2D eigenvalue weighted by Gasteiger charge is 2.49. The third-order valence-electron chi connectivity index (χ3n) is 6.53. The van der Waals surface area contributed by atoms with Gasteiger partial charge in [-0.3, -0.25) is 0 Å². The number of pyridine rings is 1. The summed E-state index contributed by atoms with van der Waals surface area (Å²) in [5, 5.41) is 0. The zero-order chi connectivity index (χ0) is 24.3. The molecule has 1 aliphatic heterocycles. The molecule has 1 saturated heterocycles. The average Bonchev–Trinajstić information content (AvgIpc) is 3.39. The molecule has 2 bridgehead atoms. The molecule has 34 heavy (non-hydrogen) atoms. The molecule has 1 saturated carbocycles. The molecule has 3 atom stereocenters. The zero-order valence-corrected chi connectivity index (χ0v) is 18.0. The van der Waals surface area contributed by atoms with Gasteiger partial charge in [0.25, 0.3) is 0 Å². The molecule has 1 aliphatic carbocycles. The lowest BCUT2D eigenvalue weighted by molar-refractivity contribution is -0.145. The zero-order valence-electron chi connectivity index (χ0n) is 18.0. The predicted octanol–water partition coefficient (Wildman–Crippen LogP) is 6.61. The maximum atomic E-state index is 13.5. The first kappa shape index (κ1) is 22.6. The summed E-state index contributed by atoms with van der Waals surface area (Å²) in [5.74, 6) is 0.0475. The van der Waals surface area contributed by atoms with Crippen molar-refractivity contribution in [2.45, 2.75) is 50.6 Å². The number of piperidine rings is 1. The summed E-state index contributed by atoms with van der Waals surface area (Å²) in [6.07, 6.45) is -6.26. The van der Waals surface area contributed by atoms with Crippen molar-refractivity contribution >= 4 is 5.82 Å². The van der Waals surface area contributed by atoms with Crippen LogP contribution in [0, 0.1) is 12.8 Å². The quantitative estimate of drug-likeness (QED) is 0.397. The Hall–Kier alpha value is -3.17. The van der Waals surface area contributed by atoms with E-state index in [0.717, 1.165) is 17.5 Å². The van der Waals surface area contributed by atoms with E-state index in [2.05, 4.69) is 15.0 Å². The lowest BCUT2D eigenvalue weighted by Gasteiger charge is -2.36. The molecule has 5 rings (SSSR count). The van der Waals surface area contributed by atoms with Gasteiger partial charge in [-0.2, -0.15) is 26.3 Å². The smallest absolute Gasteiger partial charge is 0.343 e.